The molecule has 2 rings (SSSR count). The number of rotatable bonds is 2. The van der Waals surface area contributed by atoms with E-state index in [1.165, 1.54) is 19.2 Å². The smallest absolute Gasteiger partial charge is 0.294 e. The maximum absolute atomic E-state index is 13.8. The van der Waals surface area contributed by atoms with Gasteiger partial charge in [-0.3, -0.25) is 4.79 Å². The topological polar surface area (TPSA) is 30.0 Å². The Hall–Kier alpha value is -1.76. The summed E-state index contributed by atoms with van der Waals surface area (Å²) in [6.07, 6.45) is -3.54. The molecule has 0 fully saturated rings. The highest BCUT2D eigenvalue weighted by Crippen LogP contribution is 2.36. The average molecular weight is 289 g/mol. The molecule has 1 aromatic carbocycles. The van der Waals surface area contributed by atoms with Crippen molar-refractivity contribution in [1.29, 1.82) is 0 Å². The third-order valence-corrected chi connectivity index (χ3v) is 3.52. The van der Waals surface area contributed by atoms with Crippen molar-refractivity contribution in [2.45, 2.75) is 13.1 Å². The predicted molar refractivity (Wildman–Crippen MR) is 62.5 cm³/mol. The van der Waals surface area contributed by atoms with E-state index in [1.54, 1.807) is 0 Å². The third-order valence-electron chi connectivity index (χ3n) is 2.39. The summed E-state index contributed by atoms with van der Waals surface area (Å²) in [5.74, 6) is -1.64. The molecule has 2 aromatic rings. The Morgan fingerprint density at radius 3 is 2.53 bits per heavy atom. The molecule has 1 heterocycles. The molecule has 0 amide bonds. The lowest BCUT2D eigenvalue weighted by molar-refractivity contribution is -0.139. The number of hydrogen-bond donors (Lipinski definition) is 0. The zero-order chi connectivity index (χ0) is 14.2. The normalized spacial score (nSPS) is 11.6. The molecule has 0 atom stereocenters. The molecule has 0 saturated carbocycles. The Kier molecular flexibility index (Phi) is 3.40. The van der Waals surface area contributed by atoms with Gasteiger partial charge in [-0.1, -0.05) is 6.07 Å². The van der Waals surface area contributed by atoms with E-state index in [1.807, 2.05) is 0 Å². The summed E-state index contributed by atoms with van der Waals surface area (Å²) in [6.45, 7) is 1.31. The van der Waals surface area contributed by atoms with E-state index in [-0.39, 0.29) is 21.2 Å². The minimum atomic E-state index is -4.76. The maximum atomic E-state index is 13.8. The number of nitrogens with zero attached hydrogens (tertiary/aromatic N) is 1. The van der Waals surface area contributed by atoms with E-state index in [9.17, 15) is 22.4 Å². The Bertz CT molecular complexity index is 633. The molecule has 0 aliphatic carbocycles. The Morgan fingerprint density at radius 1 is 1.32 bits per heavy atom. The van der Waals surface area contributed by atoms with E-state index in [2.05, 4.69) is 4.98 Å². The van der Waals surface area contributed by atoms with Gasteiger partial charge in [0.25, 0.3) is 0 Å². The summed E-state index contributed by atoms with van der Waals surface area (Å²) in [4.78, 5) is 15.2. The van der Waals surface area contributed by atoms with Crippen molar-refractivity contribution in [3.05, 3.63) is 40.7 Å². The fourth-order valence-electron chi connectivity index (χ4n) is 1.48. The minimum Gasteiger partial charge on any atom is -0.294 e. The summed E-state index contributed by atoms with van der Waals surface area (Å²) < 4.78 is 51.5. The first-order valence-electron chi connectivity index (χ1n) is 5.13. The minimum absolute atomic E-state index is 0.0498. The van der Waals surface area contributed by atoms with Crippen molar-refractivity contribution in [3.63, 3.8) is 0 Å². The van der Waals surface area contributed by atoms with Crippen LogP contribution in [0.25, 0.3) is 10.6 Å². The molecule has 19 heavy (non-hydrogen) atoms. The van der Waals surface area contributed by atoms with E-state index in [4.69, 9.17) is 0 Å². The van der Waals surface area contributed by atoms with Crippen LogP contribution in [0, 0.1) is 5.82 Å². The lowest BCUT2D eigenvalue weighted by Crippen LogP contribution is -2.08. The molecule has 0 spiro atoms. The largest absolute Gasteiger partial charge is 0.419 e. The number of alkyl halides is 3. The van der Waals surface area contributed by atoms with Crippen molar-refractivity contribution in [2.24, 2.45) is 0 Å². The van der Waals surface area contributed by atoms with Gasteiger partial charge in [0.15, 0.2) is 5.78 Å². The highest BCUT2D eigenvalue weighted by atomic mass is 32.1. The molecule has 100 valence electrons. The van der Waals surface area contributed by atoms with E-state index in [0.717, 1.165) is 17.4 Å². The number of Topliss-reactive ketones (excluding diaryl/α,β-unsaturated/α-hetero) is 1. The number of carbonyl (C=O) groups is 1. The Labute approximate surface area is 109 Å². The molecule has 1 aromatic heterocycles. The van der Waals surface area contributed by atoms with Crippen LogP contribution in [0.3, 0.4) is 0 Å². The van der Waals surface area contributed by atoms with Gasteiger partial charge in [-0.15, -0.1) is 11.3 Å². The van der Waals surface area contributed by atoms with Gasteiger partial charge in [-0.2, -0.15) is 13.2 Å². The van der Waals surface area contributed by atoms with Crippen LogP contribution in [0.2, 0.25) is 0 Å². The summed E-state index contributed by atoms with van der Waals surface area (Å²) in [5, 5.41) is 0.0498. The molecular formula is C12H7F4NOS. The zero-order valence-electron chi connectivity index (χ0n) is 9.58. The highest BCUT2D eigenvalue weighted by Gasteiger charge is 2.35. The van der Waals surface area contributed by atoms with Gasteiger partial charge in [0.1, 0.15) is 10.8 Å². The standard InChI is InChI=1S/C12H7F4NOS/c1-6(18)9-5-17-11(19-9)7-3-2-4-8(10(7)13)12(14,15)16/h2-5H,1H3. The Balaban J connectivity index is 2.54. The zero-order valence-corrected chi connectivity index (χ0v) is 10.4. The fraction of sp³-hybridized carbons (Fsp3) is 0.167. The van der Waals surface area contributed by atoms with Crippen LogP contribution in [0.15, 0.2) is 24.4 Å². The van der Waals surface area contributed by atoms with Crippen LogP contribution < -0.4 is 0 Å². The van der Waals surface area contributed by atoms with Crippen LogP contribution in [-0.2, 0) is 6.18 Å². The molecule has 0 unspecified atom stereocenters. The first-order valence-corrected chi connectivity index (χ1v) is 5.95. The monoisotopic (exact) mass is 289 g/mol. The second-order valence-corrected chi connectivity index (χ2v) is 4.78. The molecule has 0 aliphatic rings. The number of aromatic nitrogens is 1. The number of carbonyl (C=O) groups excluding carboxylic acids is 1. The van der Waals surface area contributed by atoms with Crippen molar-refractivity contribution in [2.75, 3.05) is 0 Å². The molecule has 0 saturated heterocycles. The van der Waals surface area contributed by atoms with Crippen LogP contribution in [-0.4, -0.2) is 10.8 Å². The van der Waals surface area contributed by atoms with Crippen molar-refractivity contribution >= 4 is 17.1 Å². The van der Waals surface area contributed by atoms with Crippen LogP contribution >= 0.6 is 11.3 Å². The van der Waals surface area contributed by atoms with Gasteiger partial charge in [-0.05, 0) is 12.1 Å². The van der Waals surface area contributed by atoms with Gasteiger partial charge in [0.2, 0.25) is 0 Å². The second-order valence-electron chi connectivity index (χ2n) is 3.75. The van der Waals surface area contributed by atoms with Crippen LogP contribution in [0.4, 0.5) is 17.6 Å². The summed E-state index contributed by atoms with van der Waals surface area (Å²) >= 11 is 0.860. The first-order chi connectivity index (χ1) is 8.80. The number of hydrogen-bond acceptors (Lipinski definition) is 3. The lowest BCUT2D eigenvalue weighted by Gasteiger charge is -2.09. The van der Waals surface area contributed by atoms with Crippen molar-refractivity contribution < 1.29 is 22.4 Å². The number of halogens is 4. The summed E-state index contributed by atoms with van der Waals surface area (Å²) in [7, 11) is 0. The van der Waals surface area contributed by atoms with E-state index >= 15 is 0 Å². The van der Waals surface area contributed by atoms with Gasteiger partial charge >= 0.3 is 6.18 Å². The van der Waals surface area contributed by atoms with E-state index < -0.39 is 17.6 Å². The van der Waals surface area contributed by atoms with Crippen molar-refractivity contribution in [3.8, 4) is 10.6 Å². The predicted octanol–water partition coefficient (Wildman–Crippen LogP) is 4.17. The quantitative estimate of drug-likeness (QED) is 0.613. The number of benzene rings is 1. The van der Waals surface area contributed by atoms with Gasteiger partial charge in [-0.25, -0.2) is 9.37 Å². The van der Waals surface area contributed by atoms with Crippen LogP contribution in [0.1, 0.15) is 22.2 Å². The molecule has 2 nitrogen and oxygen atoms in total. The molecule has 7 heteroatoms. The third kappa shape index (κ3) is 2.65. The average Bonchev–Trinajstić information content (AvgIpc) is 2.77. The molecule has 0 N–H and O–H groups in total. The lowest BCUT2D eigenvalue weighted by atomic mass is 10.1. The highest BCUT2D eigenvalue weighted by molar-refractivity contribution is 7.16. The molecule has 0 bridgehead atoms. The van der Waals surface area contributed by atoms with Crippen LogP contribution in [0.5, 0.6) is 0 Å². The maximum Gasteiger partial charge on any atom is 0.419 e. The fourth-order valence-corrected chi connectivity index (χ4v) is 2.31. The Morgan fingerprint density at radius 2 is 2.00 bits per heavy atom. The molecule has 0 radical (unpaired) electrons. The van der Waals surface area contributed by atoms with Gasteiger partial charge in [0.05, 0.1) is 10.4 Å². The number of ketones is 1. The molecular weight excluding hydrogens is 282 g/mol. The van der Waals surface area contributed by atoms with Crippen molar-refractivity contribution in [1.82, 2.24) is 4.98 Å². The number of thiazole rings is 1. The molecule has 0 aliphatic heterocycles. The SMILES string of the molecule is CC(=O)c1cnc(-c2cccc(C(F)(F)F)c2F)s1. The van der Waals surface area contributed by atoms with E-state index in [0.29, 0.717) is 6.07 Å². The summed E-state index contributed by atoms with van der Waals surface area (Å²) in [6, 6.07) is 2.97. The first kappa shape index (κ1) is 13.7. The second kappa shape index (κ2) is 4.73. The summed E-state index contributed by atoms with van der Waals surface area (Å²) in [5.41, 5.74) is -1.60. The van der Waals surface area contributed by atoms with Gasteiger partial charge in [0, 0.05) is 18.7 Å². The van der Waals surface area contributed by atoms with Gasteiger partial charge < -0.3 is 0 Å².